The van der Waals surface area contributed by atoms with Gasteiger partial charge in [-0.2, -0.15) is 0 Å². The van der Waals surface area contributed by atoms with Crippen LogP contribution in [0.15, 0.2) is 18.2 Å². The minimum atomic E-state index is -0.394. The fourth-order valence-electron chi connectivity index (χ4n) is 3.82. The van der Waals surface area contributed by atoms with Crippen molar-refractivity contribution in [2.75, 3.05) is 0 Å². The number of fused-ring (bicyclic) bond motifs is 2. The first-order valence-electron chi connectivity index (χ1n) is 6.75. The fraction of sp³-hybridized carbons (Fsp3) is 0.600. The molecule has 2 bridgehead atoms. The summed E-state index contributed by atoms with van der Waals surface area (Å²) in [5.41, 5.74) is 0.927. The molecule has 1 aromatic carbocycles. The second-order valence-electron chi connectivity index (χ2n) is 5.86. The highest BCUT2D eigenvalue weighted by molar-refractivity contribution is 6.30. The van der Waals surface area contributed by atoms with Crippen molar-refractivity contribution in [3.8, 4) is 0 Å². The van der Waals surface area contributed by atoms with Crippen LogP contribution in [0.3, 0.4) is 0 Å². The van der Waals surface area contributed by atoms with E-state index in [1.807, 2.05) is 0 Å². The summed E-state index contributed by atoms with van der Waals surface area (Å²) in [6.07, 6.45) is 5.37. The highest BCUT2D eigenvalue weighted by atomic mass is 35.5. The summed E-state index contributed by atoms with van der Waals surface area (Å²) in [6.45, 7) is 0. The number of benzene rings is 1. The van der Waals surface area contributed by atoms with E-state index in [1.54, 1.807) is 12.1 Å². The summed E-state index contributed by atoms with van der Waals surface area (Å²) in [5.74, 6) is 1.59. The van der Waals surface area contributed by atoms with Gasteiger partial charge in [-0.25, -0.2) is 4.39 Å². The highest BCUT2D eigenvalue weighted by Crippen LogP contribution is 2.49. The van der Waals surface area contributed by atoms with Crippen molar-refractivity contribution in [3.63, 3.8) is 0 Å². The maximum Gasteiger partial charge on any atom is 0.141 e. The van der Waals surface area contributed by atoms with Gasteiger partial charge in [-0.05, 0) is 61.1 Å². The molecule has 2 aliphatic rings. The predicted octanol–water partition coefficient (Wildman–Crippen LogP) is 3.82. The summed E-state index contributed by atoms with van der Waals surface area (Å²) in [4.78, 5) is 0. The second-order valence-corrected chi connectivity index (χ2v) is 6.27. The molecule has 2 aliphatic carbocycles. The lowest BCUT2D eigenvalue weighted by Crippen LogP contribution is -2.27. The first-order valence-corrected chi connectivity index (χ1v) is 7.13. The molecule has 0 saturated heterocycles. The maximum absolute atomic E-state index is 13.1. The van der Waals surface area contributed by atoms with Crippen LogP contribution in [0.2, 0.25) is 5.02 Å². The monoisotopic (exact) mass is 268 g/mol. The minimum Gasteiger partial charge on any atom is -0.392 e. The zero-order chi connectivity index (χ0) is 12.7. The first-order chi connectivity index (χ1) is 8.63. The Morgan fingerprint density at radius 1 is 1.33 bits per heavy atom. The lowest BCUT2D eigenvalue weighted by molar-refractivity contribution is 0.0751. The van der Waals surface area contributed by atoms with Crippen molar-refractivity contribution in [2.24, 2.45) is 17.8 Å². The third kappa shape index (κ3) is 2.28. The van der Waals surface area contributed by atoms with Crippen LogP contribution in [-0.4, -0.2) is 11.2 Å². The van der Waals surface area contributed by atoms with Crippen LogP contribution in [0.1, 0.15) is 31.2 Å². The molecule has 0 heterocycles. The van der Waals surface area contributed by atoms with Gasteiger partial charge in [-0.1, -0.05) is 24.1 Å². The summed E-state index contributed by atoms with van der Waals surface area (Å²) in [7, 11) is 0. The molecule has 0 radical (unpaired) electrons. The molecule has 0 amide bonds. The van der Waals surface area contributed by atoms with E-state index in [-0.39, 0.29) is 11.1 Å². The Labute approximate surface area is 112 Å². The molecular formula is C15H18ClFO. The highest BCUT2D eigenvalue weighted by Gasteiger charge is 2.42. The Balaban J connectivity index is 1.67. The third-order valence-electron chi connectivity index (χ3n) is 4.72. The number of hydrogen-bond acceptors (Lipinski definition) is 1. The van der Waals surface area contributed by atoms with Crippen LogP contribution < -0.4 is 0 Å². The van der Waals surface area contributed by atoms with Crippen LogP contribution in [0.4, 0.5) is 4.39 Å². The summed E-state index contributed by atoms with van der Waals surface area (Å²) in [5, 5.41) is 10.5. The number of aliphatic hydroxyl groups excluding tert-OH is 1. The smallest absolute Gasteiger partial charge is 0.141 e. The van der Waals surface area contributed by atoms with Crippen molar-refractivity contribution in [1.29, 1.82) is 0 Å². The minimum absolute atomic E-state index is 0.146. The van der Waals surface area contributed by atoms with Gasteiger partial charge in [-0.15, -0.1) is 0 Å². The maximum atomic E-state index is 13.1. The molecule has 1 nitrogen and oxygen atoms in total. The summed E-state index contributed by atoms with van der Waals surface area (Å²) in [6, 6.07) is 4.73. The average Bonchev–Trinajstić information content (AvgIpc) is 2.96. The molecule has 4 atom stereocenters. The van der Waals surface area contributed by atoms with Crippen molar-refractivity contribution >= 4 is 11.6 Å². The molecule has 3 heteroatoms. The zero-order valence-electron chi connectivity index (χ0n) is 10.3. The Kier molecular flexibility index (Phi) is 3.33. The molecule has 98 valence electrons. The Hall–Kier alpha value is -0.600. The van der Waals surface area contributed by atoms with Gasteiger partial charge in [0.25, 0.3) is 0 Å². The summed E-state index contributed by atoms with van der Waals surface area (Å²) >= 11 is 5.76. The number of halogens is 2. The van der Waals surface area contributed by atoms with Gasteiger partial charge in [0.2, 0.25) is 0 Å². The largest absolute Gasteiger partial charge is 0.392 e. The molecule has 3 rings (SSSR count). The normalized spacial score (nSPS) is 31.8. The number of rotatable bonds is 3. The van der Waals surface area contributed by atoms with Gasteiger partial charge in [0, 0.05) is 0 Å². The average molecular weight is 269 g/mol. The van der Waals surface area contributed by atoms with Gasteiger partial charge < -0.3 is 5.11 Å². The lowest BCUT2D eigenvalue weighted by Gasteiger charge is -2.26. The molecule has 1 N–H and O–H groups in total. The Morgan fingerprint density at radius 2 is 2.17 bits per heavy atom. The SMILES string of the molecule is OC(Cc1ccc(F)c(Cl)c1)C1CC2CCC1C2. The van der Waals surface area contributed by atoms with Crippen LogP contribution in [0.25, 0.3) is 0 Å². The van der Waals surface area contributed by atoms with Gasteiger partial charge in [0.15, 0.2) is 0 Å². The van der Waals surface area contributed by atoms with Crippen molar-refractivity contribution < 1.29 is 9.50 Å². The number of aliphatic hydroxyl groups is 1. The molecule has 1 aromatic rings. The van der Waals surface area contributed by atoms with Gasteiger partial charge in [-0.3, -0.25) is 0 Å². The van der Waals surface area contributed by atoms with E-state index in [0.717, 1.165) is 11.5 Å². The second kappa shape index (κ2) is 4.82. The quantitative estimate of drug-likeness (QED) is 0.884. The standard InChI is InChI=1S/C15H18ClFO/c16-13-7-10(2-4-14(13)17)8-15(18)12-6-9-1-3-11(12)5-9/h2,4,7,9,11-12,15,18H,1,3,5-6,8H2. The molecule has 0 aliphatic heterocycles. The first kappa shape index (κ1) is 12.4. The fourth-order valence-corrected chi connectivity index (χ4v) is 4.03. The van der Waals surface area contributed by atoms with E-state index >= 15 is 0 Å². The van der Waals surface area contributed by atoms with Crippen molar-refractivity contribution in [2.45, 2.75) is 38.2 Å². The van der Waals surface area contributed by atoms with Crippen molar-refractivity contribution in [1.82, 2.24) is 0 Å². The van der Waals surface area contributed by atoms with Crippen LogP contribution in [0.5, 0.6) is 0 Å². The zero-order valence-corrected chi connectivity index (χ0v) is 11.0. The molecule has 2 saturated carbocycles. The van der Waals surface area contributed by atoms with E-state index in [1.165, 1.54) is 31.7 Å². The predicted molar refractivity (Wildman–Crippen MR) is 70.1 cm³/mol. The van der Waals surface area contributed by atoms with Crippen LogP contribution in [0, 0.1) is 23.6 Å². The van der Waals surface area contributed by atoms with Gasteiger partial charge in [0.05, 0.1) is 11.1 Å². The third-order valence-corrected chi connectivity index (χ3v) is 5.01. The molecule has 0 aromatic heterocycles. The van der Waals surface area contributed by atoms with E-state index in [4.69, 9.17) is 11.6 Å². The topological polar surface area (TPSA) is 20.2 Å². The Bertz CT molecular complexity index is 448. The van der Waals surface area contributed by atoms with E-state index in [0.29, 0.717) is 18.3 Å². The molecular weight excluding hydrogens is 251 g/mol. The molecule has 2 fully saturated rings. The Morgan fingerprint density at radius 3 is 2.78 bits per heavy atom. The van der Waals surface area contributed by atoms with Crippen LogP contribution >= 0.6 is 11.6 Å². The molecule has 4 unspecified atom stereocenters. The number of hydrogen-bond donors (Lipinski definition) is 1. The van der Waals surface area contributed by atoms with Crippen LogP contribution in [-0.2, 0) is 6.42 Å². The van der Waals surface area contributed by atoms with E-state index in [9.17, 15) is 9.50 Å². The molecule has 0 spiro atoms. The van der Waals surface area contributed by atoms with Gasteiger partial charge in [0.1, 0.15) is 5.82 Å². The lowest BCUT2D eigenvalue weighted by atomic mass is 9.82. The molecule has 18 heavy (non-hydrogen) atoms. The summed E-state index contributed by atoms with van der Waals surface area (Å²) < 4.78 is 13.1. The van der Waals surface area contributed by atoms with Crippen molar-refractivity contribution in [3.05, 3.63) is 34.6 Å². The van der Waals surface area contributed by atoms with E-state index < -0.39 is 5.82 Å². The van der Waals surface area contributed by atoms with E-state index in [2.05, 4.69) is 0 Å². The van der Waals surface area contributed by atoms with Gasteiger partial charge >= 0.3 is 0 Å².